The van der Waals surface area contributed by atoms with Crippen molar-refractivity contribution < 1.29 is 9.90 Å². The Balaban J connectivity index is 3.12. The highest BCUT2D eigenvalue weighted by atomic mass is 16.4. The average molecular weight is 153 g/mol. The van der Waals surface area contributed by atoms with Crippen LogP contribution >= 0.6 is 0 Å². The number of carboxylic acid groups (broad SMARTS) is 1. The van der Waals surface area contributed by atoms with Gasteiger partial charge in [0.25, 0.3) is 0 Å². The zero-order valence-corrected chi connectivity index (χ0v) is 5.90. The van der Waals surface area contributed by atoms with E-state index in [2.05, 4.69) is 15.5 Å². The molecule has 5 nitrogen and oxygen atoms in total. The zero-order chi connectivity index (χ0) is 8.27. The average Bonchev–Trinajstić information content (AvgIpc) is 2.04. The molecule has 0 spiro atoms. The van der Waals surface area contributed by atoms with Gasteiger partial charge in [0.2, 0.25) is 0 Å². The Morgan fingerprint density at radius 2 is 2.45 bits per heavy atom. The molecule has 1 aromatic rings. The molecule has 0 bridgehead atoms. The van der Waals surface area contributed by atoms with Crippen molar-refractivity contribution in [1.82, 2.24) is 10.2 Å². The van der Waals surface area contributed by atoms with Gasteiger partial charge in [-0.1, -0.05) is 0 Å². The highest BCUT2D eigenvalue weighted by molar-refractivity contribution is 5.92. The summed E-state index contributed by atoms with van der Waals surface area (Å²) in [6.45, 7) is 0. The van der Waals surface area contributed by atoms with Gasteiger partial charge in [-0.15, -0.1) is 5.10 Å². The maximum absolute atomic E-state index is 10.5. The lowest BCUT2D eigenvalue weighted by atomic mass is 10.3. The van der Waals surface area contributed by atoms with Gasteiger partial charge >= 0.3 is 5.97 Å². The van der Waals surface area contributed by atoms with Crippen LogP contribution in [0.2, 0.25) is 0 Å². The van der Waals surface area contributed by atoms with Crippen molar-refractivity contribution in [2.24, 2.45) is 0 Å². The molecule has 1 heterocycles. The summed E-state index contributed by atoms with van der Waals surface area (Å²) in [5, 5.41) is 18.3. The second-order valence-electron chi connectivity index (χ2n) is 1.85. The summed E-state index contributed by atoms with van der Waals surface area (Å²) in [4.78, 5) is 10.5. The molecule has 1 rings (SSSR count). The molecule has 0 saturated heterocycles. The number of hydrogen-bond acceptors (Lipinski definition) is 4. The molecule has 0 atom stereocenters. The minimum absolute atomic E-state index is 0.127. The van der Waals surface area contributed by atoms with E-state index >= 15 is 0 Å². The Morgan fingerprint density at radius 1 is 1.73 bits per heavy atom. The van der Waals surface area contributed by atoms with Crippen LogP contribution in [-0.4, -0.2) is 28.3 Å². The predicted molar refractivity (Wildman–Crippen MR) is 38.5 cm³/mol. The smallest absolute Gasteiger partial charge is 0.339 e. The van der Waals surface area contributed by atoms with E-state index in [0.29, 0.717) is 0 Å². The minimum atomic E-state index is -1.01. The third kappa shape index (κ3) is 1.43. The van der Waals surface area contributed by atoms with Crippen LogP contribution < -0.4 is 5.32 Å². The quantitative estimate of drug-likeness (QED) is 0.635. The first kappa shape index (κ1) is 7.46. The summed E-state index contributed by atoms with van der Waals surface area (Å²) in [7, 11) is 1.59. The van der Waals surface area contributed by atoms with Gasteiger partial charge in [0, 0.05) is 7.05 Å². The second kappa shape index (κ2) is 2.96. The molecule has 0 aromatic carbocycles. The molecule has 0 aliphatic heterocycles. The van der Waals surface area contributed by atoms with Crippen LogP contribution in [-0.2, 0) is 0 Å². The fourth-order valence-corrected chi connectivity index (χ4v) is 0.689. The number of hydrogen-bond donors (Lipinski definition) is 2. The molecule has 0 aliphatic carbocycles. The second-order valence-corrected chi connectivity index (χ2v) is 1.85. The molecule has 1 aromatic heterocycles. The molecular formula is C6H7N3O2. The lowest BCUT2D eigenvalue weighted by Crippen LogP contribution is -2.05. The van der Waals surface area contributed by atoms with E-state index in [4.69, 9.17) is 5.11 Å². The van der Waals surface area contributed by atoms with E-state index in [0.717, 1.165) is 0 Å². The molecule has 0 fully saturated rings. The number of nitrogens with one attached hydrogen (secondary N) is 1. The number of carbonyl (C=O) groups is 1. The predicted octanol–water partition coefficient (Wildman–Crippen LogP) is 0.216. The molecule has 2 N–H and O–H groups in total. The molecule has 0 saturated carbocycles. The fourth-order valence-electron chi connectivity index (χ4n) is 0.689. The molecule has 11 heavy (non-hydrogen) atoms. The van der Waals surface area contributed by atoms with Crippen LogP contribution in [0, 0.1) is 0 Å². The first-order chi connectivity index (χ1) is 5.25. The maximum Gasteiger partial charge on any atom is 0.339 e. The monoisotopic (exact) mass is 153 g/mol. The van der Waals surface area contributed by atoms with E-state index in [1.165, 1.54) is 12.3 Å². The van der Waals surface area contributed by atoms with E-state index in [1.54, 1.807) is 7.05 Å². The van der Waals surface area contributed by atoms with Crippen LogP contribution in [0.4, 0.5) is 5.82 Å². The van der Waals surface area contributed by atoms with Crippen molar-refractivity contribution in [2.45, 2.75) is 0 Å². The highest BCUT2D eigenvalue weighted by Gasteiger charge is 2.08. The van der Waals surface area contributed by atoms with E-state index in [1.807, 2.05) is 0 Å². The summed E-state index contributed by atoms with van der Waals surface area (Å²) in [6.07, 6.45) is 1.34. The highest BCUT2D eigenvalue weighted by Crippen LogP contribution is 2.07. The van der Waals surface area contributed by atoms with Crippen LogP contribution in [0.5, 0.6) is 0 Å². The summed E-state index contributed by atoms with van der Waals surface area (Å²) < 4.78 is 0. The molecule has 0 amide bonds. The van der Waals surface area contributed by atoms with E-state index in [-0.39, 0.29) is 11.4 Å². The van der Waals surface area contributed by atoms with E-state index in [9.17, 15) is 4.79 Å². The third-order valence-electron chi connectivity index (χ3n) is 1.19. The summed E-state index contributed by atoms with van der Waals surface area (Å²) in [5.74, 6) is -0.732. The van der Waals surface area contributed by atoms with Crippen molar-refractivity contribution in [2.75, 3.05) is 12.4 Å². The van der Waals surface area contributed by atoms with Crippen molar-refractivity contribution in [3.05, 3.63) is 17.8 Å². The van der Waals surface area contributed by atoms with E-state index < -0.39 is 5.97 Å². The van der Waals surface area contributed by atoms with Crippen molar-refractivity contribution in [3.63, 3.8) is 0 Å². The van der Waals surface area contributed by atoms with Crippen molar-refractivity contribution in [3.8, 4) is 0 Å². The van der Waals surface area contributed by atoms with Crippen LogP contribution in [0.15, 0.2) is 12.3 Å². The standard InChI is InChI=1S/C6H7N3O2/c1-7-5-4(6(10)11)2-3-8-9-5/h2-3H,1H3,(H,7,9)(H,10,11). The summed E-state index contributed by atoms with van der Waals surface area (Å²) >= 11 is 0. The Morgan fingerprint density at radius 3 is 2.91 bits per heavy atom. The van der Waals surface area contributed by atoms with Crippen LogP contribution in [0.1, 0.15) is 10.4 Å². The fraction of sp³-hybridized carbons (Fsp3) is 0.167. The number of carboxylic acids is 1. The molecular weight excluding hydrogens is 146 g/mol. The third-order valence-corrected chi connectivity index (χ3v) is 1.19. The molecule has 0 unspecified atom stereocenters. The summed E-state index contributed by atoms with van der Waals surface area (Å²) in [5.41, 5.74) is 0.127. The largest absolute Gasteiger partial charge is 0.478 e. The minimum Gasteiger partial charge on any atom is -0.478 e. The van der Waals surface area contributed by atoms with Crippen LogP contribution in [0.3, 0.4) is 0 Å². The van der Waals surface area contributed by atoms with Crippen molar-refractivity contribution >= 4 is 11.8 Å². The van der Waals surface area contributed by atoms with Gasteiger partial charge in [-0.2, -0.15) is 5.10 Å². The van der Waals surface area contributed by atoms with Gasteiger partial charge < -0.3 is 10.4 Å². The normalized spacial score (nSPS) is 9.18. The number of aromatic nitrogens is 2. The Kier molecular flexibility index (Phi) is 2.00. The molecule has 0 aliphatic rings. The van der Waals surface area contributed by atoms with Gasteiger partial charge in [-0.3, -0.25) is 0 Å². The number of anilines is 1. The summed E-state index contributed by atoms with van der Waals surface area (Å²) in [6, 6.07) is 1.39. The number of aromatic carboxylic acids is 1. The zero-order valence-electron chi connectivity index (χ0n) is 5.90. The topological polar surface area (TPSA) is 75.1 Å². The van der Waals surface area contributed by atoms with Crippen LogP contribution in [0.25, 0.3) is 0 Å². The Hall–Kier alpha value is -1.65. The number of nitrogens with zero attached hydrogens (tertiary/aromatic N) is 2. The van der Waals surface area contributed by atoms with Gasteiger partial charge in [0.1, 0.15) is 5.56 Å². The van der Waals surface area contributed by atoms with Gasteiger partial charge in [0.05, 0.1) is 6.20 Å². The lowest BCUT2D eigenvalue weighted by Gasteiger charge is -1.99. The molecule has 58 valence electrons. The van der Waals surface area contributed by atoms with Gasteiger partial charge in [0.15, 0.2) is 5.82 Å². The maximum atomic E-state index is 10.5. The lowest BCUT2D eigenvalue weighted by molar-refractivity contribution is 0.0697. The first-order valence-electron chi connectivity index (χ1n) is 2.98. The SMILES string of the molecule is CNc1nnccc1C(=O)O. The Bertz CT molecular complexity index is 274. The van der Waals surface area contributed by atoms with Gasteiger partial charge in [-0.05, 0) is 6.07 Å². The Labute approximate surface area is 63.1 Å². The van der Waals surface area contributed by atoms with Crippen molar-refractivity contribution in [1.29, 1.82) is 0 Å². The van der Waals surface area contributed by atoms with Gasteiger partial charge in [-0.25, -0.2) is 4.79 Å². The molecule has 0 radical (unpaired) electrons. The molecule has 5 heteroatoms. The number of rotatable bonds is 2. The first-order valence-corrected chi connectivity index (χ1v) is 2.98.